The van der Waals surface area contributed by atoms with E-state index in [-0.39, 0.29) is 0 Å². The Labute approximate surface area is 97.6 Å². The van der Waals surface area contributed by atoms with E-state index in [1.807, 2.05) is 0 Å². The van der Waals surface area contributed by atoms with Crippen LogP contribution in [0, 0.1) is 23.2 Å². The van der Waals surface area contributed by atoms with Crippen molar-refractivity contribution in [1.29, 1.82) is 0 Å². The smallest absolute Gasteiger partial charge is 0.251 e. The molecule has 88 valence electrons. The number of nitrogens with zero attached hydrogens (tertiary/aromatic N) is 1. The Morgan fingerprint density at radius 2 is 1.81 bits per heavy atom. The molecule has 4 rings (SSSR count). The highest BCUT2D eigenvalue weighted by Gasteiger charge is 2.65. The van der Waals surface area contributed by atoms with Crippen LogP contribution in [0.2, 0.25) is 0 Å². The molecular weight excluding hydrogens is 198 g/mol. The van der Waals surface area contributed by atoms with Gasteiger partial charge in [-0.15, -0.1) is 0 Å². The first kappa shape index (κ1) is 9.64. The second-order valence-electron chi connectivity index (χ2n) is 7.33. The lowest BCUT2D eigenvalue weighted by Crippen LogP contribution is -2.29. The van der Waals surface area contributed by atoms with Gasteiger partial charge < -0.3 is 0 Å². The highest BCUT2D eigenvalue weighted by molar-refractivity contribution is 5.73. The zero-order valence-corrected chi connectivity index (χ0v) is 10.2. The quantitative estimate of drug-likeness (QED) is 0.452. The number of quaternary nitrogens is 1. The van der Waals surface area contributed by atoms with Gasteiger partial charge in [0.1, 0.15) is 13.1 Å². The minimum absolute atomic E-state index is 0.461. The molecular formula is C14H22NO+. The Bertz CT molecular complexity index is 344. The van der Waals surface area contributed by atoms with Gasteiger partial charge in [-0.1, -0.05) is 6.92 Å². The molecule has 0 radical (unpaired) electrons. The van der Waals surface area contributed by atoms with Crippen molar-refractivity contribution in [3.63, 3.8) is 0 Å². The minimum Gasteiger partial charge on any atom is -0.251 e. The molecule has 2 unspecified atom stereocenters. The van der Waals surface area contributed by atoms with Crippen molar-refractivity contribution in [3.8, 4) is 0 Å². The third-order valence-corrected chi connectivity index (χ3v) is 5.92. The summed E-state index contributed by atoms with van der Waals surface area (Å²) in [5.74, 6) is 3.48. The third-order valence-electron chi connectivity index (χ3n) is 5.92. The van der Waals surface area contributed by atoms with Crippen LogP contribution in [0.25, 0.3) is 0 Å². The summed E-state index contributed by atoms with van der Waals surface area (Å²) in [6.45, 7) is 5.94. The molecule has 0 N–H and O–H groups in total. The van der Waals surface area contributed by atoms with Crippen LogP contribution in [0.1, 0.15) is 39.0 Å². The summed E-state index contributed by atoms with van der Waals surface area (Å²) in [5, 5.41) is 0. The van der Waals surface area contributed by atoms with E-state index in [1.165, 1.54) is 32.2 Å². The zero-order chi connectivity index (χ0) is 11.0. The molecule has 0 aromatic carbocycles. The van der Waals surface area contributed by atoms with Crippen molar-refractivity contribution >= 4 is 5.91 Å². The predicted molar refractivity (Wildman–Crippen MR) is 61.5 cm³/mol. The molecule has 0 bridgehead atoms. The van der Waals surface area contributed by atoms with Gasteiger partial charge in [0.2, 0.25) is 0 Å². The Kier molecular flexibility index (Phi) is 1.64. The van der Waals surface area contributed by atoms with E-state index in [2.05, 4.69) is 6.92 Å². The molecule has 2 saturated carbocycles. The number of amides is 1. The summed E-state index contributed by atoms with van der Waals surface area (Å²) >= 11 is 0. The third kappa shape index (κ3) is 1.14. The molecule has 2 heterocycles. The molecule has 2 heteroatoms. The predicted octanol–water partition coefficient (Wildman–Crippen LogP) is 2.19. The SMILES string of the molecule is CC1C[C@@H]2CC3(CC(=O)[N+]4(CC4)C3)C[C@@H]2C1. The van der Waals surface area contributed by atoms with Gasteiger partial charge in [-0.2, -0.15) is 0 Å². The summed E-state index contributed by atoms with van der Waals surface area (Å²) in [5.41, 5.74) is 0.461. The van der Waals surface area contributed by atoms with Crippen molar-refractivity contribution in [2.45, 2.75) is 39.0 Å². The van der Waals surface area contributed by atoms with Crippen LogP contribution in [0.15, 0.2) is 0 Å². The van der Waals surface area contributed by atoms with Crippen molar-refractivity contribution in [3.05, 3.63) is 0 Å². The summed E-state index contributed by atoms with van der Waals surface area (Å²) in [4.78, 5) is 12.1. The van der Waals surface area contributed by atoms with Crippen LogP contribution in [0.3, 0.4) is 0 Å². The largest absolute Gasteiger partial charge is 0.314 e. The number of rotatable bonds is 0. The van der Waals surface area contributed by atoms with E-state index in [0.717, 1.165) is 41.7 Å². The fourth-order valence-corrected chi connectivity index (χ4v) is 5.29. The van der Waals surface area contributed by atoms with Crippen LogP contribution in [-0.2, 0) is 4.79 Å². The van der Waals surface area contributed by atoms with E-state index < -0.39 is 0 Å². The summed E-state index contributed by atoms with van der Waals surface area (Å²) in [6.07, 6.45) is 6.58. The average molecular weight is 220 g/mol. The van der Waals surface area contributed by atoms with E-state index in [0.29, 0.717) is 11.3 Å². The van der Waals surface area contributed by atoms with Gasteiger partial charge in [-0.25, -0.2) is 4.79 Å². The van der Waals surface area contributed by atoms with Gasteiger partial charge in [-0.3, -0.25) is 4.48 Å². The van der Waals surface area contributed by atoms with Crippen LogP contribution < -0.4 is 0 Å². The van der Waals surface area contributed by atoms with Crippen molar-refractivity contribution in [2.75, 3.05) is 19.6 Å². The Morgan fingerprint density at radius 1 is 1.19 bits per heavy atom. The van der Waals surface area contributed by atoms with Gasteiger partial charge in [0.05, 0.1) is 13.0 Å². The monoisotopic (exact) mass is 220 g/mol. The van der Waals surface area contributed by atoms with Crippen LogP contribution >= 0.6 is 0 Å². The van der Waals surface area contributed by atoms with E-state index in [4.69, 9.17) is 0 Å². The first-order chi connectivity index (χ1) is 7.61. The molecule has 2 aliphatic heterocycles. The molecule has 16 heavy (non-hydrogen) atoms. The lowest BCUT2D eigenvalue weighted by Gasteiger charge is -2.21. The Balaban J connectivity index is 1.57. The second-order valence-corrected chi connectivity index (χ2v) is 7.33. The molecule has 2 saturated heterocycles. The van der Waals surface area contributed by atoms with Gasteiger partial charge in [0.15, 0.2) is 0 Å². The first-order valence-electron chi connectivity index (χ1n) is 7.00. The molecule has 4 fully saturated rings. The van der Waals surface area contributed by atoms with E-state index >= 15 is 0 Å². The van der Waals surface area contributed by atoms with Crippen LogP contribution in [0.5, 0.6) is 0 Å². The molecule has 2 aliphatic carbocycles. The second kappa shape index (κ2) is 2.72. The van der Waals surface area contributed by atoms with E-state index in [9.17, 15) is 4.79 Å². The molecule has 1 amide bonds. The highest BCUT2D eigenvalue weighted by Crippen LogP contribution is 2.60. The van der Waals surface area contributed by atoms with Crippen LogP contribution in [-0.4, -0.2) is 30.0 Å². The number of carbonyl (C=O) groups is 1. The maximum absolute atomic E-state index is 12.1. The molecule has 2 spiro atoms. The summed E-state index contributed by atoms with van der Waals surface area (Å²) < 4.78 is 0.884. The number of hydrogen-bond donors (Lipinski definition) is 0. The van der Waals surface area contributed by atoms with Crippen LogP contribution in [0.4, 0.5) is 0 Å². The number of carbonyl (C=O) groups excluding carboxylic acids is 1. The summed E-state index contributed by atoms with van der Waals surface area (Å²) in [7, 11) is 0. The fraction of sp³-hybridized carbons (Fsp3) is 0.929. The number of hydrogen-bond acceptors (Lipinski definition) is 1. The molecule has 0 aromatic heterocycles. The lowest BCUT2D eigenvalue weighted by molar-refractivity contribution is -0.714. The van der Waals surface area contributed by atoms with Gasteiger partial charge in [0.25, 0.3) is 0 Å². The normalized spacial score (nSPS) is 52.8. The molecule has 4 atom stereocenters. The van der Waals surface area contributed by atoms with E-state index in [1.54, 1.807) is 0 Å². The zero-order valence-electron chi connectivity index (χ0n) is 10.2. The van der Waals surface area contributed by atoms with Crippen molar-refractivity contribution in [2.24, 2.45) is 23.2 Å². The van der Waals surface area contributed by atoms with Crippen molar-refractivity contribution < 1.29 is 9.28 Å². The first-order valence-corrected chi connectivity index (χ1v) is 7.00. The summed E-state index contributed by atoms with van der Waals surface area (Å²) in [6, 6.07) is 0. The van der Waals surface area contributed by atoms with Gasteiger partial charge >= 0.3 is 5.91 Å². The van der Waals surface area contributed by atoms with Crippen molar-refractivity contribution in [1.82, 2.24) is 0 Å². The standard InChI is InChI=1S/C14H22NO/c1-10-4-11-6-14(7-12(11)5-10)8-13(16)15(9-14)2-3-15/h10-12H,2-9H2,1H3/q+1/t10?,11-,12+,14?. The number of fused-ring (bicyclic) bond motifs is 1. The molecule has 4 aliphatic rings. The molecule has 2 nitrogen and oxygen atoms in total. The van der Waals surface area contributed by atoms with Gasteiger partial charge in [-0.05, 0) is 43.4 Å². The molecule has 0 aromatic rings. The maximum atomic E-state index is 12.1. The maximum Gasteiger partial charge on any atom is 0.314 e. The average Bonchev–Trinajstić information content (AvgIpc) is 2.68. The highest BCUT2D eigenvalue weighted by atomic mass is 16.2. The lowest BCUT2D eigenvalue weighted by atomic mass is 9.82. The van der Waals surface area contributed by atoms with Gasteiger partial charge in [0, 0.05) is 5.41 Å². The Morgan fingerprint density at radius 3 is 2.31 bits per heavy atom. The fourth-order valence-electron chi connectivity index (χ4n) is 5.29. The Hall–Kier alpha value is -0.370. The topological polar surface area (TPSA) is 17.1 Å². The minimum atomic E-state index is 0.461.